The molecule has 0 saturated carbocycles. The molecule has 0 radical (unpaired) electrons. The molecule has 138 valence electrons. The highest BCUT2D eigenvalue weighted by molar-refractivity contribution is 6.00. The Morgan fingerprint density at radius 2 is 1.84 bits per heavy atom. The van der Waals surface area contributed by atoms with Gasteiger partial charge in [0.15, 0.2) is 11.6 Å². The quantitative estimate of drug-likeness (QED) is 0.585. The highest BCUT2D eigenvalue weighted by Crippen LogP contribution is 2.59. The zero-order valence-electron chi connectivity index (χ0n) is 14.1. The van der Waals surface area contributed by atoms with Crippen LogP contribution in [-0.2, 0) is 9.53 Å². The number of carbonyl (C=O) groups is 1. The van der Waals surface area contributed by atoms with E-state index in [0.29, 0.717) is 0 Å². The number of esters is 1. The van der Waals surface area contributed by atoms with Gasteiger partial charge < -0.3 is 9.47 Å². The predicted molar refractivity (Wildman–Crippen MR) is 79.8 cm³/mol. The van der Waals surface area contributed by atoms with Crippen LogP contribution in [0.15, 0.2) is 17.7 Å². The van der Waals surface area contributed by atoms with Gasteiger partial charge in [-0.3, -0.25) is 0 Å². The molecule has 0 spiro atoms. The molecule has 0 aliphatic heterocycles. The second kappa shape index (κ2) is 6.31. The molecule has 8 heteroatoms. The van der Waals surface area contributed by atoms with E-state index < -0.39 is 47.3 Å². The highest BCUT2D eigenvalue weighted by Gasteiger charge is 2.60. The molecule has 3 nitrogen and oxygen atoms in total. The van der Waals surface area contributed by atoms with E-state index in [-0.39, 0.29) is 16.7 Å². The SMILES string of the molecule is COC(=O)C1=C(c2ccc(F)c(F)c2OC)C[C@](C)(C(F)(F)F)[C@@H]1C. The summed E-state index contributed by atoms with van der Waals surface area (Å²) in [7, 11) is 2.12. The summed E-state index contributed by atoms with van der Waals surface area (Å²) in [6.45, 7) is 2.25. The minimum absolute atomic E-state index is 0.0603. The third-order valence-electron chi connectivity index (χ3n) is 4.89. The molecule has 0 amide bonds. The molecule has 1 aromatic rings. The van der Waals surface area contributed by atoms with Crippen LogP contribution in [0.5, 0.6) is 5.75 Å². The average molecular weight is 364 g/mol. The summed E-state index contributed by atoms with van der Waals surface area (Å²) in [4.78, 5) is 12.1. The van der Waals surface area contributed by atoms with Crippen LogP contribution in [0, 0.1) is 23.0 Å². The lowest BCUT2D eigenvalue weighted by molar-refractivity contribution is -0.225. The summed E-state index contributed by atoms with van der Waals surface area (Å²) < 4.78 is 77.7. The first-order valence-electron chi connectivity index (χ1n) is 7.40. The maximum Gasteiger partial charge on any atom is 0.395 e. The predicted octanol–water partition coefficient (Wildman–Crippen LogP) is 4.51. The fraction of sp³-hybridized carbons (Fsp3) is 0.471. The van der Waals surface area contributed by atoms with E-state index in [2.05, 4.69) is 4.74 Å². The van der Waals surface area contributed by atoms with Crippen molar-refractivity contribution >= 4 is 11.5 Å². The van der Waals surface area contributed by atoms with Crippen molar-refractivity contribution < 1.29 is 36.2 Å². The van der Waals surface area contributed by atoms with Crippen LogP contribution in [0.3, 0.4) is 0 Å². The fourth-order valence-corrected chi connectivity index (χ4v) is 3.16. The molecule has 0 fully saturated rings. The second-order valence-electron chi connectivity index (χ2n) is 6.14. The fourth-order valence-electron chi connectivity index (χ4n) is 3.16. The number of alkyl halides is 3. The molecule has 0 heterocycles. The molecule has 1 aliphatic carbocycles. The van der Waals surface area contributed by atoms with Gasteiger partial charge in [0.25, 0.3) is 0 Å². The molecule has 2 atom stereocenters. The van der Waals surface area contributed by atoms with E-state index in [1.54, 1.807) is 0 Å². The number of rotatable bonds is 3. The van der Waals surface area contributed by atoms with Gasteiger partial charge in [0, 0.05) is 17.1 Å². The van der Waals surface area contributed by atoms with Crippen molar-refractivity contribution in [3.8, 4) is 5.75 Å². The van der Waals surface area contributed by atoms with Gasteiger partial charge >= 0.3 is 12.1 Å². The number of methoxy groups -OCH3 is 2. The average Bonchev–Trinajstić information content (AvgIpc) is 2.81. The lowest BCUT2D eigenvalue weighted by Crippen LogP contribution is -2.39. The van der Waals surface area contributed by atoms with Crippen LogP contribution in [0.25, 0.3) is 5.57 Å². The Hall–Kier alpha value is -2.12. The molecular formula is C17H17F5O3. The lowest BCUT2D eigenvalue weighted by atomic mass is 9.77. The van der Waals surface area contributed by atoms with E-state index >= 15 is 0 Å². The summed E-state index contributed by atoms with van der Waals surface area (Å²) in [5, 5.41) is 0. The van der Waals surface area contributed by atoms with Crippen molar-refractivity contribution in [3.05, 3.63) is 34.9 Å². The topological polar surface area (TPSA) is 35.5 Å². The van der Waals surface area contributed by atoms with E-state index in [9.17, 15) is 26.7 Å². The molecule has 0 saturated heterocycles. The zero-order chi connectivity index (χ0) is 19.2. The summed E-state index contributed by atoms with van der Waals surface area (Å²) >= 11 is 0. The van der Waals surface area contributed by atoms with Crippen molar-refractivity contribution in [1.82, 2.24) is 0 Å². The Kier molecular flexibility index (Phi) is 4.85. The minimum Gasteiger partial charge on any atom is -0.493 e. The molecular weight excluding hydrogens is 347 g/mol. The van der Waals surface area contributed by atoms with Gasteiger partial charge in [0.1, 0.15) is 0 Å². The Balaban J connectivity index is 2.74. The largest absolute Gasteiger partial charge is 0.493 e. The van der Waals surface area contributed by atoms with Crippen LogP contribution in [0.2, 0.25) is 0 Å². The van der Waals surface area contributed by atoms with Crippen molar-refractivity contribution in [2.45, 2.75) is 26.4 Å². The molecule has 2 rings (SSSR count). The first kappa shape index (κ1) is 19.2. The number of hydrogen-bond acceptors (Lipinski definition) is 3. The van der Waals surface area contributed by atoms with Crippen molar-refractivity contribution in [3.63, 3.8) is 0 Å². The maximum absolute atomic E-state index is 14.0. The number of allylic oxidation sites excluding steroid dienone is 1. The van der Waals surface area contributed by atoms with Gasteiger partial charge in [0.2, 0.25) is 5.82 Å². The van der Waals surface area contributed by atoms with Crippen LogP contribution in [0.4, 0.5) is 22.0 Å². The third-order valence-corrected chi connectivity index (χ3v) is 4.89. The molecule has 1 aromatic carbocycles. The number of ether oxygens (including phenoxy) is 2. The van der Waals surface area contributed by atoms with Gasteiger partial charge in [-0.25, -0.2) is 9.18 Å². The van der Waals surface area contributed by atoms with Crippen molar-refractivity contribution in [1.29, 1.82) is 0 Å². The van der Waals surface area contributed by atoms with Crippen LogP contribution in [-0.4, -0.2) is 26.4 Å². The van der Waals surface area contributed by atoms with E-state index in [0.717, 1.165) is 33.3 Å². The summed E-state index contributed by atoms with van der Waals surface area (Å²) in [5.74, 6) is -5.25. The third kappa shape index (κ3) is 2.87. The second-order valence-corrected chi connectivity index (χ2v) is 6.14. The van der Waals surface area contributed by atoms with Crippen LogP contribution >= 0.6 is 0 Å². The molecule has 0 bridgehead atoms. The van der Waals surface area contributed by atoms with E-state index in [4.69, 9.17) is 4.74 Å². The van der Waals surface area contributed by atoms with E-state index in [1.165, 1.54) is 6.92 Å². The van der Waals surface area contributed by atoms with Gasteiger partial charge in [-0.15, -0.1) is 0 Å². The number of benzene rings is 1. The first-order chi connectivity index (χ1) is 11.5. The Bertz CT molecular complexity index is 739. The molecule has 25 heavy (non-hydrogen) atoms. The van der Waals surface area contributed by atoms with E-state index in [1.807, 2.05) is 0 Å². The summed E-state index contributed by atoms with van der Waals surface area (Å²) in [6.07, 6.45) is -5.19. The van der Waals surface area contributed by atoms with Crippen LogP contribution < -0.4 is 4.74 Å². The standard InChI is InChI=1S/C17H17F5O3/c1-8-12(15(23)25-4)10(7-16(8,2)17(20,21)22)9-5-6-11(18)13(19)14(9)24-3/h5-6,8H,7H2,1-4H3/t8-,16+/m1/s1. The molecule has 1 aliphatic rings. The normalized spacial score (nSPS) is 23.8. The van der Waals surface area contributed by atoms with Gasteiger partial charge in [-0.2, -0.15) is 17.6 Å². The van der Waals surface area contributed by atoms with Crippen LogP contribution in [0.1, 0.15) is 25.8 Å². The Morgan fingerprint density at radius 1 is 1.24 bits per heavy atom. The summed E-state index contributed by atoms with van der Waals surface area (Å²) in [6, 6.07) is 1.88. The molecule has 0 aromatic heterocycles. The monoisotopic (exact) mass is 364 g/mol. The molecule has 0 unspecified atom stereocenters. The number of hydrogen-bond donors (Lipinski definition) is 0. The van der Waals surface area contributed by atoms with Gasteiger partial charge in [-0.05, 0) is 24.1 Å². The summed E-state index contributed by atoms with van der Waals surface area (Å²) in [5.41, 5.74) is -2.62. The number of carbonyl (C=O) groups excluding carboxylic acids is 1. The maximum atomic E-state index is 14.0. The Morgan fingerprint density at radius 3 is 2.32 bits per heavy atom. The lowest BCUT2D eigenvalue weighted by Gasteiger charge is -2.32. The first-order valence-corrected chi connectivity index (χ1v) is 7.40. The Labute approximate surface area is 141 Å². The minimum atomic E-state index is -4.61. The van der Waals surface area contributed by atoms with Gasteiger partial charge in [-0.1, -0.05) is 13.8 Å². The van der Waals surface area contributed by atoms with Gasteiger partial charge in [0.05, 0.1) is 19.6 Å². The zero-order valence-corrected chi connectivity index (χ0v) is 14.1. The number of halogens is 5. The van der Waals surface area contributed by atoms with Crippen molar-refractivity contribution in [2.75, 3.05) is 14.2 Å². The highest BCUT2D eigenvalue weighted by atomic mass is 19.4. The molecule has 0 N–H and O–H groups in total. The van der Waals surface area contributed by atoms with Crippen molar-refractivity contribution in [2.24, 2.45) is 11.3 Å². The smallest absolute Gasteiger partial charge is 0.395 e.